The number of hydrogen-bond acceptors (Lipinski definition) is 2. The van der Waals surface area contributed by atoms with Crippen LogP contribution in [0.2, 0.25) is 5.02 Å². The molecule has 1 nitrogen and oxygen atoms in total. The summed E-state index contributed by atoms with van der Waals surface area (Å²) in [5, 5.41) is 2.83. The lowest BCUT2D eigenvalue weighted by Crippen LogP contribution is -2.04. The molecule has 0 radical (unpaired) electrons. The zero-order valence-corrected chi connectivity index (χ0v) is 11.9. The Morgan fingerprint density at radius 3 is 2.87 bits per heavy atom. The van der Waals surface area contributed by atoms with E-state index in [1.165, 1.54) is 12.8 Å². The summed E-state index contributed by atoms with van der Waals surface area (Å²) in [5.41, 5.74) is 0. The molecular weight excluding hydrogens is 294 g/mol. The molecule has 4 heteroatoms. The molecule has 0 saturated carbocycles. The molecule has 0 amide bonds. The Morgan fingerprint density at radius 1 is 1.53 bits per heavy atom. The third kappa shape index (κ3) is 5.23. The van der Waals surface area contributed by atoms with Crippen LogP contribution < -0.4 is 0 Å². The second kappa shape index (κ2) is 7.53. The number of hydrogen-bond donors (Lipinski definition) is 0. The number of rotatable bonds is 6. The first-order valence-corrected chi connectivity index (χ1v) is 7.55. The highest BCUT2D eigenvalue weighted by Gasteiger charge is 2.07. The molecule has 15 heavy (non-hydrogen) atoms. The van der Waals surface area contributed by atoms with Crippen molar-refractivity contribution in [3.63, 3.8) is 0 Å². The molecule has 0 aliphatic heterocycles. The van der Waals surface area contributed by atoms with Crippen LogP contribution in [0.15, 0.2) is 23.4 Å². The molecule has 1 aromatic heterocycles. The Balaban J connectivity index is 2.38. The fourth-order valence-corrected chi connectivity index (χ4v) is 3.21. The summed E-state index contributed by atoms with van der Waals surface area (Å²) in [6.07, 6.45) is 4.21. The minimum absolute atomic E-state index is 0.699. The monoisotopic (exact) mass is 307 g/mol. The highest BCUT2D eigenvalue weighted by molar-refractivity contribution is 9.09. The number of halogens is 2. The van der Waals surface area contributed by atoms with Crippen molar-refractivity contribution in [1.82, 2.24) is 4.98 Å². The van der Waals surface area contributed by atoms with E-state index in [0.29, 0.717) is 5.02 Å². The standard InChI is InChI=1S/C11H15BrClNS/c1-2-3-9(6-12)8-15-11-5-4-10(13)7-14-11/h4-5,7,9H,2-3,6,8H2,1H3. The smallest absolute Gasteiger partial charge is 0.0961 e. The van der Waals surface area contributed by atoms with Crippen molar-refractivity contribution in [3.8, 4) is 0 Å². The van der Waals surface area contributed by atoms with E-state index in [1.807, 2.05) is 12.1 Å². The Labute approximate surface area is 109 Å². The van der Waals surface area contributed by atoms with Gasteiger partial charge in [0.2, 0.25) is 0 Å². The maximum absolute atomic E-state index is 5.77. The number of pyridine rings is 1. The Bertz CT molecular complexity index is 278. The summed E-state index contributed by atoms with van der Waals surface area (Å²) in [6.45, 7) is 2.22. The quantitative estimate of drug-likeness (QED) is 0.561. The molecular formula is C11H15BrClNS. The SMILES string of the molecule is CCCC(CBr)CSc1ccc(Cl)cn1. The molecule has 1 atom stereocenters. The number of nitrogens with zero attached hydrogens (tertiary/aromatic N) is 1. The first-order chi connectivity index (χ1) is 7.26. The lowest BCUT2D eigenvalue weighted by Gasteiger charge is -2.11. The Hall–Kier alpha value is 0.270. The van der Waals surface area contributed by atoms with Gasteiger partial charge in [-0.1, -0.05) is 40.9 Å². The van der Waals surface area contributed by atoms with Gasteiger partial charge in [0.05, 0.1) is 10.0 Å². The van der Waals surface area contributed by atoms with Crippen LogP contribution in [0.25, 0.3) is 0 Å². The molecule has 0 saturated heterocycles. The molecule has 0 aliphatic carbocycles. The van der Waals surface area contributed by atoms with E-state index in [-0.39, 0.29) is 0 Å². The fourth-order valence-electron chi connectivity index (χ4n) is 1.26. The van der Waals surface area contributed by atoms with E-state index in [1.54, 1.807) is 18.0 Å². The van der Waals surface area contributed by atoms with Crippen LogP contribution >= 0.6 is 39.3 Å². The van der Waals surface area contributed by atoms with E-state index in [2.05, 4.69) is 27.8 Å². The van der Waals surface area contributed by atoms with E-state index >= 15 is 0 Å². The third-order valence-corrected chi connectivity index (χ3v) is 4.40. The van der Waals surface area contributed by atoms with Gasteiger partial charge in [-0.3, -0.25) is 0 Å². The highest BCUT2D eigenvalue weighted by atomic mass is 79.9. The number of thioether (sulfide) groups is 1. The third-order valence-electron chi connectivity index (χ3n) is 2.08. The van der Waals surface area contributed by atoms with Crippen molar-refractivity contribution in [2.75, 3.05) is 11.1 Å². The van der Waals surface area contributed by atoms with Gasteiger partial charge in [0, 0.05) is 17.3 Å². The summed E-state index contributed by atoms with van der Waals surface area (Å²) >= 11 is 11.1. The minimum Gasteiger partial charge on any atom is -0.248 e. The van der Waals surface area contributed by atoms with Gasteiger partial charge in [-0.2, -0.15) is 0 Å². The molecule has 1 rings (SSSR count). The van der Waals surface area contributed by atoms with Crippen molar-refractivity contribution in [2.24, 2.45) is 5.92 Å². The zero-order valence-electron chi connectivity index (χ0n) is 8.75. The predicted octanol–water partition coefficient (Wildman–Crippen LogP) is 4.64. The van der Waals surface area contributed by atoms with E-state index < -0.39 is 0 Å². The minimum atomic E-state index is 0.699. The van der Waals surface area contributed by atoms with E-state index in [4.69, 9.17) is 11.6 Å². The molecule has 0 aromatic carbocycles. The average Bonchev–Trinajstić information content (AvgIpc) is 2.26. The number of alkyl halides is 1. The normalized spacial score (nSPS) is 12.7. The summed E-state index contributed by atoms with van der Waals surface area (Å²) in [5.74, 6) is 1.85. The summed E-state index contributed by atoms with van der Waals surface area (Å²) in [7, 11) is 0. The second-order valence-electron chi connectivity index (χ2n) is 3.43. The van der Waals surface area contributed by atoms with Gasteiger partial charge >= 0.3 is 0 Å². The first-order valence-electron chi connectivity index (χ1n) is 5.06. The van der Waals surface area contributed by atoms with E-state index in [9.17, 15) is 0 Å². The van der Waals surface area contributed by atoms with Gasteiger partial charge in [0.25, 0.3) is 0 Å². The highest BCUT2D eigenvalue weighted by Crippen LogP contribution is 2.23. The molecule has 0 bridgehead atoms. The molecule has 0 spiro atoms. The summed E-state index contributed by atoms with van der Waals surface area (Å²) in [6, 6.07) is 3.87. The summed E-state index contributed by atoms with van der Waals surface area (Å²) < 4.78 is 0. The molecule has 1 aromatic rings. The molecule has 1 unspecified atom stereocenters. The molecule has 0 aliphatic rings. The van der Waals surface area contributed by atoms with Crippen molar-refractivity contribution in [1.29, 1.82) is 0 Å². The van der Waals surface area contributed by atoms with Crippen LogP contribution in [-0.2, 0) is 0 Å². The van der Waals surface area contributed by atoms with Crippen molar-refractivity contribution in [3.05, 3.63) is 23.4 Å². The number of aromatic nitrogens is 1. The van der Waals surface area contributed by atoms with Crippen LogP contribution in [0.1, 0.15) is 19.8 Å². The molecule has 0 fully saturated rings. The van der Waals surface area contributed by atoms with Crippen molar-refractivity contribution < 1.29 is 0 Å². The van der Waals surface area contributed by atoms with Crippen LogP contribution in [0.4, 0.5) is 0 Å². The molecule has 0 N–H and O–H groups in total. The van der Waals surface area contributed by atoms with Crippen LogP contribution in [-0.4, -0.2) is 16.1 Å². The van der Waals surface area contributed by atoms with Crippen LogP contribution in [0.5, 0.6) is 0 Å². The van der Waals surface area contributed by atoms with Crippen LogP contribution in [0.3, 0.4) is 0 Å². The van der Waals surface area contributed by atoms with E-state index in [0.717, 1.165) is 22.0 Å². The van der Waals surface area contributed by atoms with Gasteiger partial charge < -0.3 is 0 Å². The summed E-state index contributed by atoms with van der Waals surface area (Å²) in [4.78, 5) is 4.26. The Kier molecular flexibility index (Phi) is 6.69. The zero-order chi connectivity index (χ0) is 11.1. The lowest BCUT2D eigenvalue weighted by atomic mass is 10.1. The predicted molar refractivity (Wildman–Crippen MR) is 72.2 cm³/mol. The topological polar surface area (TPSA) is 12.9 Å². The molecule has 1 heterocycles. The van der Waals surface area contributed by atoms with Crippen molar-refractivity contribution >= 4 is 39.3 Å². The lowest BCUT2D eigenvalue weighted by molar-refractivity contribution is 0.597. The van der Waals surface area contributed by atoms with Gasteiger partial charge in [-0.05, 0) is 24.5 Å². The van der Waals surface area contributed by atoms with Gasteiger partial charge in [0.15, 0.2) is 0 Å². The first kappa shape index (κ1) is 13.3. The largest absolute Gasteiger partial charge is 0.248 e. The fraction of sp³-hybridized carbons (Fsp3) is 0.545. The second-order valence-corrected chi connectivity index (χ2v) is 5.56. The Morgan fingerprint density at radius 2 is 2.33 bits per heavy atom. The van der Waals surface area contributed by atoms with Crippen LogP contribution in [0, 0.1) is 5.92 Å². The van der Waals surface area contributed by atoms with Gasteiger partial charge in [-0.15, -0.1) is 11.8 Å². The maximum atomic E-state index is 5.77. The maximum Gasteiger partial charge on any atom is 0.0961 e. The molecule has 84 valence electrons. The van der Waals surface area contributed by atoms with Crippen molar-refractivity contribution in [2.45, 2.75) is 24.8 Å². The van der Waals surface area contributed by atoms with Gasteiger partial charge in [-0.25, -0.2) is 4.98 Å². The average molecular weight is 309 g/mol. The van der Waals surface area contributed by atoms with Gasteiger partial charge in [0.1, 0.15) is 0 Å².